The molecule has 0 bridgehead atoms. The van der Waals surface area contributed by atoms with Crippen LogP contribution in [0.15, 0.2) is 24.3 Å². The molecule has 106 valence electrons. The molecule has 0 spiro atoms. The quantitative estimate of drug-likeness (QED) is 0.859. The summed E-state index contributed by atoms with van der Waals surface area (Å²) in [5.41, 5.74) is 0.648. The molecule has 0 radical (unpaired) electrons. The summed E-state index contributed by atoms with van der Waals surface area (Å²) in [7, 11) is 0. The summed E-state index contributed by atoms with van der Waals surface area (Å²) < 4.78 is 0. The molecule has 4 heteroatoms. The first-order valence-electron chi connectivity index (χ1n) is 7.27. The van der Waals surface area contributed by atoms with Crippen molar-refractivity contribution in [2.75, 3.05) is 13.1 Å². The second-order valence-electron chi connectivity index (χ2n) is 5.78. The Morgan fingerprint density at radius 1 is 0.950 bits per heavy atom. The van der Waals surface area contributed by atoms with Crippen LogP contribution in [0.25, 0.3) is 0 Å². The number of carbonyl (C=O) groups is 2. The molecule has 1 N–H and O–H groups in total. The molecule has 1 aliphatic heterocycles. The Kier molecular flexibility index (Phi) is 3.47. The molecule has 0 atom stereocenters. The summed E-state index contributed by atoms with van der Waals surface area (Å²) in [6, 6.07) is 6.41. The van der Waals surface area contributed by atoms with Crippen LogP contribution < -0.4 is 0 Å². The maximum absolute atomic E-state index is 12.3. The number of carbonyl (C=O) groups excluding carboxylic acids is 2. The topological polar surface area (TPSA) is 57.6 Å². The van der Waals surface area contributed by atoms with Gasteiger partial charge >= 0.3 is 0 Å². The van der Waals surface area contributed by atoms with Crippen molar-refractivity contribution in [3.05, 3.63) is 29.8 Å². The maximum atomic E-state index is 12.3. The summed E-state index contributed by atoms with van der Waals surface area (Å²) in [6.07, 6.45) is 3.56. The Bertz CT molecular complexity index is 511. The Morgan fingerprint density at radius 2 is 1.55 bits per heavy atom. The van der Waals surface area contributed by atoms with Gasteiger partial charge in [0, 0.05) is 30.5 Å². The van der Waals surface area contributed by atoms with Crippen LogP contribution in [0.2, 0.25) is 0 Å². The van der Waals surface area contributed by atoms with Gasteiger partial charge in [0.1, 0.15) is 5.75 Å². The normalized spacial score (nSPS) is 19.9. The number of hydrogen-bond donors (Lipinski definition) is 1. The van der Waals surface area contributed by atoms with Crippen molar-refractivity contribution in [3.8, 4) is 5.75 Å². The number of nitrogens with zero attached hydrogens (tertiary/aromatic N) is 1. The average Bonchev–Trinajstić information content (AvgIpc) is 3.31. The fraction of sp³-hybridized carbons (Fsp3) is 0.500. The Balaban J connectivity index is 1.58. The summed E-state index contributed by atoms with van der Waals surface area (Å²) in [5, 5.41) is 9.25. The van der Waals surface area contributed by atoms with Crippen molar-refractivity contribution >= 4 is 11.7 Å². The number of hydrogen-bond acceptors (Lipinski definition) is 3. The van der Waals surface area contributed by atoms with Gasteiger partial charge in [-0.15, -0.1) is 0 Å². The Hall–Kier alpha value is -1.84. The van der Waals surface area contributed by atoms with Crippen molar-refractivity contribution in [1.29, 1.82) is 0 Å². The number of Topliss-reactive ketones (excluding diaryl/α,β-unsaturated/α-hetero) is 1. The third kappa shape index (κ3) is 2.69. The fourth-order valence-corrected chi connectivity index (χ4v) is 2.81. The zero-order chi connectivity index (χ0) is 14.1. The van der Waals surface area contributed by atoms with E-state index in [4.69, 9.17) is 0 Å². The van der Waals surface area contributed by atoms with Gasteiger partial charge in [0.05, 0.1) is 0 Å². The summed E-state index contributed by atoms with van der Waals surface area (Å²) in [5.74, 6) is 0.845. The van der Waals surface area contributed by atoms with Gasteiger partial charge in [-0.1, -0.05) is 0 Å². The molecule has 1 saturated carbocycles. The fourth-order valence-electron chi connectivity index (χ4n) is 2.81. The van der Waals surface area contributed by atoms with Gasteiger partial charge in [0.2, 0.25) is 5.91 Å². The number of likely N-dealkylation sites (tertiary alicyclic amines) is 1. The monoisotopic (exact) mass is 273 g/mol. The van der Waals surface area contributed by atoms with E-state index in [9.17, 15) is 14.7 Å². The lowest BCUT2D eigenvalue weighted by molar-refractivity contribution is -0.133. The number of piperidine rings is 1. The molecule has 1 heterocycles. The minimum Gasteiger partial charge on any atom is -0.508 e. The standard InChI is InChI=1S/C16H19NO3/c18-14-5-3-11(4-6-14)15(19)12-7-9-17(10-8-12)16(20)13-1-2-13/h3-6,12-13,18H,1-2,7-10H2. The minimum atomic E-state index is 0.00259. The molecule has 1 amide bonds. The van der Waals surface area contributed by atoms with Crippen LogP contribution in [0.5, 0.6) is 5.75 Å². The summed E-state index contributed by atoms with van der Waals surface area (Å²) in [6.45, 7) is 1.40. The van der Waals surface area contributed by atoms with Crippen molar-refractivity contribution in [1.82, 2.24) is 4.90 Å². The zero-order valence-electron chi connectivity index (χ0n) is 11.4. The molecular weight excluding hydrogens is 254 g/mol. The molecule has 2 aliphatic rings. The van der Waals surface area contributed by atoms with Crippen molar-refractivity contribution in [2.45, 2.75) is 25.7 Å². The molecule has 0 unspecified atom stereocenters. The highest BCUT2D eigenvalue weighted by atomic mass is 16.3. The second kappa shape index (κ2) is 5.27. The first kappa shape index (κ1) is 13.2. The molecule has 1 aromatic rings. The highest BCUT2D eigenvalue weighted by molar-refractivity contribution is 5.98. The van der Waals surface area contributed by atoms with Gasteiger partial charge in [0.25, 0.3) is 0 Å². The van der Waals surface area contributed by atoms with Crippen molar-refractivity contribution in [3.63, 3.8) is 0 Å². The van der Waals surface area contributed by atoms with Crippen LogP contribution in [-0.2, 0) is 4.79 Å². The molecule has 1 aromatic carbocycles. The molecule has 0 aromatic heterocycles. The van der Waals surface area contributed by atoms with E-state index in [0.717, 1.165) is 25.7 Å². The minimum absolute atomic E-state index is 0.00259. The lowest BCUT2D eigenvalue weighted by Gasteiger charge is -2.31. The summed E-state index contributed by atoms with van der Waals surface area (Å²) >= 11 is 0. The van der Waals surface area contributed by atoms with E-state index >= 15 is 0 Å². The molecular formula is C16H19NO3. The predicted octanol–water partition coefficient (Wildman–Crippen LogP) is 2.22. The number of amides is 1. The third-order valence-electron chi connectivity index (χ3n) is 4.26. The van der Waals surface area contributed by atoms with Crippen LogP contribution in [0.1, 0.15) is 36.0 Å². The van der Waals surface area contributed by atoms with E-state index in [1.165, 1.54) is 0 Å². The molecule has 1 aliphatic carbocycles. The number of rotatable bonds is 3. The van der Waals surface area contributed by atoms with Crippen LogP contribution in [0, 0.1) is 11.8 Å². The molecule has 1 saturated heterocycles. The Labute approximate surface area is 118 Å². The number of ketones is 1. The van der Waals surface area contributed by atoms with Crippen LogP contribution in [0.4, 0.5) is 0 Å². The van der Waals surface area contributed by atoms with Crippen molar-refractivity contribution in [2.24, 2.45) is 11.8 Å². The van der Waals surface area contributed by atoms with Gasteiger partial charge in [-0.25, -0.2) is 0 Å². The SMILES string of the molecule is O=C(c1ccc(O)cc1)C1CCN(C(=O)C2CC2)CC1. The van der Waals surface area contributed by atoms with E-state index in [-0.39, 0.29) is 29.3 Å². The Morgan fingerprint density at radius 3 is 2.10 bits per heavy atom. The summed E-state index contributed by atoms with van der Waals surface area (Å²) in [4.78, 5) is 26.2. The highest BCUT2D eigenvalue weighted by Gasteiger charge is 2.36. The average molecular weight is 273 g/mol. The number of benzene rings is 1. The first-order chi connectivity index (χ1) is 9.65. The molecule has 20 heavy (non-hydrogen) atoms. The number of phenolic OH excluding ortho intramolecular Hbond substituents is 1. The number of aromatic hydroxyl groups is 1. The number of phenols is 1. The third-order valence-corrected chi connectivity index (χ3v) is 4.26. The van der Waals surface area contributed by atoms with E-state index in [1.807, 2.05) is 4.90 Å². The smallest absolute Gasteiger partial charge is 0.225 e. The second-order valence-corrected chi connectivity index (χ2v) is 5.78. The lowest BCUT2D eigenvalue weighted by atomic mass is 9.88. The van der Waals surface area contributed by atoms with E-state index < -0.39 is 0 Å². The van der Waals surface area contributed by atoms with Gasteiger partial charge in [-0.2, -0.15) is 0 Å². The van der Waals surface area contributed by atoms with Crippen molar-refractivity contribution < 1.29 is 14.7 Å². The van der Waals surface area contributed by atoms with Crippen LogP contribution in [0.3, 0.4) is 0 Å². The van der Waals surface area contributed by atoms with Gasteiger partial charge in [-0.05, 0) is 49.9 Å². The van der Waals surface area contributed by atoms with Crippen LogP contribution >= 0.6 is 0 Å². The largest absolute Gasteiger partial charge is 0.508 e. The highest BCUT2D eigenvalue weighted by Crippen LogP contribution is 2.33. The van der Waals surface area contributed by atoms with Gasteiger partial charge in [-0.3, -0.25) is 9.59 Å². The zero-order valence-corrected chi connectivity index (χ0v) is 11.4. The van der Waals surface area contributed by atoms with E-state index in [2.05, 4.69) is 0 Å². The lowest BCUT2D eigenvalue weighted by Crippen LogP contribution is -2.41. The van der Waals surface area contributed by atoms with E-state index in [0.29, 0.717) is 18.7 Å². The predicted molar refractivity (Wildman–Crippen MR) is 74.5 cm³/mol. The van der Waals surface area contributed by atoms with Gasteiger partial charge < -0.3 is 10.0 Å². The molecule has 4 nitrogen and oxygen atoms in total. The maximum Gasteiger partial charge on any atom is 0.225 e. The molecule has 2 fully saturated rings. The molecule has 3 rings (SSSR count). The van der Waals surface area contributed by atoms with E-state index in [1.54, 1.807) is 24.3 Å². The van der Waals surface area contributed by atoms with Gasteiger partial charge in [0.15, 0.2) is 5.78 Å². The van der Waals surface area contributed by atoms with Crippen LogP contribution in [-0.4, -0.2) is 34.8 Å². The first-order valence-corrected chi connectivity index (χ1v) is 7.27.